The lowest BCUT2D eigenvalue weighted by atomic mass is 10.0. The van der Waals surface area contributed by atoms with Crippen LogP contribution < -0.4 is 5.32 Å². The molecule has 0 aromatic heterocycles. The minimum absolute atomic E-state index is 0.0420. The Balaban J connectivity index is 2.26. The lowest BCUT2D eigenvalue weighted by Crippen LogP contribution is -2.16. The maximum absolute atomic E-state index is 12.2. The van der Waals surface area contributed by atoms with Gasteiger partial charge in [0.25, 0.3) is 5.91 Å². The molecule has 0 aliphatic carbocycles. The van der Waals surface area contributed by atoms with Crippen molar-refractivity contribution in [3.05, 3.63) is 64.7 Å². The molecule has 0 unspecified atom stereocenters. The summed E-state index contributed by atoms with van der Waals surface area (Å²) in [6, 6.07) is 10.1. The Bertz CT molecular complexity index is 750. The molecule has 0 fully saturated rings. The number of anilines is 1. The molecule has 0 bridgehead atoms. The van der Waals surface area contributed by atoms with E-state index in [2.05, 4.69) is 5.32 Å². The highest BCUT2D eigenvalue weighted by Gasteiger charge is 2.16. The Hall–Kier alpha value is -3.15. The predicted octanol–water partition coefficient (Wildman–Crippen LogP) is 2.64. The molecule has 0 atom stereocenters. The van der Waals surface area contributed by atoms with E-state index in [0.29, 0.717) is 5.69 Å². The fourth-order valence-electron chi connectivity index (χ4n) is 1.93. The quantitative estimate of drug-likeness (QED) is 0.805. The van der Waals surface area contributed by atoms with Gasteiger partial charge in [-0.15, -0.1) is 0 Å². The summed E-state index contributed by atoms with van der Waals surface area (Å²) in [5, 5.41) is 20.5. The topological polar surface area (TPSA) is 104 Å². The molecular weight excluding hydrogens is 286 g/mol. The minimum atomic E-state index is -1.19. The number of hydrogen-bond acceptors (Lipinski definition) is 3. The molecule has 0 aliphatic heterocycles. The first-order valence-corrected chi connectivity index (χ1v) is 6.37. The molecule has 0 spiro atoms. The minimum Gasteiger partial charge on any atom is -0.478 e. The van der Waals surface area contributed by atoms with Crippen LogP contribution in [-0.2, 0) is 0 Å². The number of aromatic carboxylic acids is 2. The molecule has 6 nitrogen and oxygen atoms in total. The number of carboxylic acid groups (broad SMARTS) is 2. The van der Waals surface area contributed by atoms with Gasteiger partial charge in [-0.25, -0.2) is 9.59 Å². The number of nitrogens with one attached hydrogen (secondary N) is 1. The Morgan fingerprint density at radius 3 is 2.05 bits per heavy atom. The number of carbonyl (C=O) groups is 3. The first kappa shape index (κ1) is 15.2. The zero-order chi connectivity index (χ0) is 16.3. The molecule has 0 heterocycles. The molecule has 0 saturated heterocycles. The van der Waals surface area contributed by atoms with Gasteiger partial charge in [0.05, 0.1) is 16.7 Å². The number of benzene rings is 2. The summed E-state index contributed by atoms with van der Waals surface area (Å²) < 4.78 is 0. The summed E-state index contributed by atoms with van der Waals surface area (Å²) in [5.41, 5.74) is 1.17. The molecule has 2 rings (SSSR count). The van der Waals surface area contributed by atoms with Crippen LogP contribution in [-0.4, -0.2) is 28.1 Å². The summed E-state index contributed by atoms with van der Waals surface area (Å²) >= 11 is 0. The Morgan fingerprint density at radius 2 is 1.50 bits per heavy atom. The fourth-order valence-corrected chi connectivity index (χ4v) is 1.93. The number of carboxylic acids is 2. The molecule has 0 saturated carbocycles. The number of carbonyl (C=O) groups excluding carboxylic acids is 1. The summed E-state index contributed by atoms with van der Waals surface area (Å²) in [6.07, 6.45) is 0. The normalized spacial score (nSPS) is 10.0. The van der Waals surface area contributed by atoms with Crippen molar-refractivity contribution in [2.24, 2.45) is 0 Å². The van der Waals surface area contributed by atoms with Crippen LogP contribution in [0.15, 0.2) is 42.5 Å². The van der Waals surface area contributed by atoms with Crippen LogP contribution in [0.25, 0.3) is 0 Å². The third-order valence-corrected chi connectivity index (χ3v) is 3.04. The third kappa shape index (κ3) is 3.29. The number of rotatable bonds is 4. The van der Waals surface area contributed by atoms with E-state index >= 15 is 0 Å². The van der Waals surface area contributed by atoms with Crippen LogP contribution >= 0.6 is 0 Å². The SMILES string of the molecule is Cc1ccc(C(=O)Nc2ccc(C(=O)O)cc2)c(C(=O)O)c1. The molecule has 2 aromatic rings. The lowest BCUT2D eigenvalue weighted by Gasteiger charge is -2.09. The molecule has 112 valence electrons. The van der Waals surface area contributed by atoms with Crippen molar-refractivity contribution in [1.29, 1.82) is 0 Å². The average molecular weight is 299 g/mol. The first-order chi connectivity index (χ1) is 10.4. The Kier molecular flexibility index (Phi) is 4.22. The molecule has 1 amide bonds. The van der Waals surface area contributed by atoms with E-state index in [1.165, 1.54) is 36.4 Å². The second kappa shape index (κ2) is 6.09. The number of aryl methyl sites for hydroxylation is 1. The van der Waals surface area contributed by atoms with E-state index in [1.807, 2.05) is 0 Å². The van der Waals surface area contributed by atoms with Crippen LogP contribution in [0.2, 0.25) is 0 Å². The molecule has 3 N–H and O–H groups in total. The highest BCUT2D eigenvalue weighted by molar-refractivity contribution is 6.10. The average Bonchev–Trinajstić information content (AvgIpc) is 2.47. The van der Waals surface area contributed by atoms with Crippen molar-refractivity contribution in [2.45, 2.75) is 6.92 Å². The van der Waals surface area contributed by atoms with Crippen LogP contribution in [0, 0.1) is 6.92 Å². The molecule has 0 aliphatic rings. The second-order valence-corrected chi connectivity index (χ2v) is 4.69. The van der Waals surface area contributed by atoms with E-state index in [-0.39, 0.29) is 16.7 Å². The van der Waals surface area contributed by atoms with Gasteiger partial charge in [0.2, 0.25) is 0 Å². The van der Waals surface area contributed by atoms with E-state index in [4.69, 9.17) is 10.2 Å². The maximum atomic E-state index is 12.2. The van der Waals surface area contributed by atoms with E-state index < -0.39 is 17.8 Å². The van der Waals surface area contributed by atoms with E-state index in [9.17, 15) is 14.4 Å². The molecule has 0 radical (unpaired) electrons. The number of amides is 1. The van der Waals surface area contributed by atoms with Gasteiger partial charge in [0.15, 0.2) is 0 Å². The van der Waals surface area contributed by atoms with Gasteiger partial charge in [-0.2, -0.15) is 0 Å². The summed E-state index contributed by atoms with van der Waals surface area (Å²) in [6.45, 7) is 1.73. The van der Waals surface area contributed by atoms with Gasteiger partial charge in [0.1, 0.15) is 0 Å². The second-order valence-electron chi connectivity index (χ2n) is 4.69. The van der Waals surface area contributed by atoms with Crippen molar-refractivity contribution in [1.82, 2.24) is 0 Å². The largest absolute Gasteiger partial charge is 0.478 e. The van der Waals surface area contributed by atoms with Crippen molar-refractivity contribution < 1.29 is 24.6 Å². The van der Waals surface area contributed by atoms with Gasteiger partial charge in [-0.05, 0) is 43.3 Å². The summed E-state index contributed by atoms with van der Waals surface area (Å²) in [7, 11) is 0. The zero-order valence-electron chi connectivity index (χ0n) is 11.7. The predicted molar refractivity (Wildman–Crippen MR) is 79.5 cm³/mol. The van der Waals surface area contributed by atoms with E-state index in [0.717, 1.165) is 5.56 Å². The monoisotopic (exact) mass is 299 g/mol. The zero-order valence-corrected chi connectivity index (χ0v) is 11.7. The van der Waals surface area contributed by atoms with Gasteiger partial charge in [0, 0.05) is 5.69 Å². The van der Waals surface area contributed by atoms with Crippen LogP contribution in [0.3, 0.4) is 0 Å². The molecule has 2 aromatic carbocycles. The molecular formula is C16H13NO5. The van der Waals surface area contributed by atoms with Crippen molar-refractivity contribution in [2.75, 3.05) is 5.32 Å². The van der Waals surface area contributed by atoms with Crippen molar-refractivity contribution in [3.63, 3.8) is 0 Å². The fraction of sp³-hybridized carbons (Fsp3) is 0.0625. The van der Waals surface area contributed by atoms with Crippen molar-refractivity contribution >= 4 is 23.5 Å². The van der Waals surface area contributed by atoms with Gasteiger partial charge >= 0.3 is 11.9 Å². The summed E-state index contributed by atoms with van der Waals surface area (Å²) in [4.78, 5) is 34.1. The molecule has 6 heteroatoms. The van der Waals surface area contributed by atoms with Crippen LogP contribution in [0.1, 0.15) is 36.6 Å². The summed E-state index contributed by atoms with van der Waals surface area (Å²) in [5.74, 6) is -2.82. The molecule has 22 heavy (non-hydrogen) atoms. The Morgan fingerprint density at radius 1 is 0.864 bits per heavy atom. The van der Waals surface area contributed by atoms with Crippen LogP contribution in [0.4, 0.5) is 5.69 Å². The smallest absolute Gasteiger partial charge is 0.336 e. The van der Waals surface area contributed by atoms with Gasteiger partial charge in [-0.3, -0.25) is 4.79 Å². The maximum Gasteiger partial charge on any atom is 0.336 e. The van der Waals surface area contributed by atoms with E-state index in [1.54, 1.807) is 13.0 Å². The standard InChI is InChI=1S/C16H13NO5/c1-9-2-7-12(13(8-9)16(21)22)14(18)17-11-5-3-10(4-6-11)15(19)20/h2-8H,1H3,(H,17,18)(H,19,20)(H,21,22). The van der Waals surface area contributed by atoms with Crippen LogP contribution in [0.5, 0.6) is 0 Å². The van der Waals surface area contributed by atoms with Crippen molar-refractivity contribution in [3.8, 4) is 0 Å². The van der Waals surface area contributed by atoms with Gasteiger partial charge < -0.3 is 15.5 Å². The highest BCUT2D eigenvalue weighted by atomic mass is 16.4. The highest BCUT2D eigenvalue weighted by Crippen LogP contribution is 2.16. The lowest BCUT2D eigenvalue weighted by molar-refractivity contribution is 0.0684. The third-order valence-electron chi connectivity index (χ3n) is 3.04. The van der Waals surface area contributed by atoms with Gasteiger partial charge in [-0.1, -0.05) is 11.6 Å². The first-order valence-electron chi connectivity index (χ1n) is 6.37. The number of hydrogen-bond donors (Lipinski definition) is 3. The Labute approximate surface area is 126 Å².